The molecule has 9 heteroatoms. The quantitative estimate of drug-likeness (QED) is 0.289. The molecule has 0 aromatic heterocycles. The Hall–Kier alpha value is -2.16. The van der Waals surface area contributed by atoms with Gasteiger partial charge in [0.15, 0.2) is 0 Å². The molecule has 3 rings (SSSR count). The Morgan fingerprint density at radius 3 is 2.27 bits per heavy atom. The Morgan fingerprint density at radius 2 is 1.61 bits per heavy atom. The molecule has 0 N–H and O–H groups in total. The molecule has 3 aromatic carbocycles. The summed E-state index contributed by atoms with van der Waals surface area (Å²) in [6, 6.07) is 11.2. The summed E-state index contributed by atoms with van der Waals surface area (Å²) >= 11 is 7.55. The average Bonchev–Trinajstić information content (AvgIpc) is 2.76. The number of aryl methyl sites for hydroxylation is 1. The summed E-state index contributed by atoms with van der Waals surface area (Å²) in [5.74, 6) is -1.29. The molecule has 0 radical (unpaired) electrons. The largest absolute Gasteiger partial charge is 0.264 e. The summed E-state index contributed by atoms with van der Waals surface area (Å²) in [4.78, 5) is -0.131. The van der Waals surface area contributed by atoms with Crippen molar-refractivity contribution in [2.24, 2.45) is 0 Å². The second kappa shape index (κ2) is 10.8. The van der Waals surface area contributed by atoms with Crippen LogP contribution in [-0.2, 0) is 16.4 Å². The first-order valence-electron chi connectivity index (χ1n) is 10.2. The van der Waals surface area contributed by atoms with E-state index in [4.69, 9.17) is 11.6 Å². The maximum absolute atomic E-state index is 14.9. The number of halogens is 4. The van der Waals surface area contributed by atoms with Crippen molar-refractivity contribution in [3.63, 3.8) is 0 Å². The minimum atomic E-state index is -4.34. The first-order valence-corrected chi connectivity index (χ1v) is 13.4. The molecule has 33 heavy (non-hydrogen) atoms. The summed E-state index contributed by atoms with van der Waals surface area (Å²) in [5.41, 5.74) is 0.695. The van der Waals surface area contributed by atoms with Crippen LogP contribution in [0.3, 0.4) is 0 Å². The minimum Gasteiger partial charge on any atom is -0.256 e. The van der Waals surface area contributed by atoms with Gasteiger partial charge in [0.2, 0.25) is 0 Å². The number of nitrogens with zero attached hydrogens (tertiary/aromatic N) is 1. The van der Waals surface area contributed by atoms with E-state index >= 15 is 0 Å². The molecular formula is C24H23ClF3NO2S2. The van der Waals surface area contributed by atoms with Crippen LogP contribution in [-0.4, -0.2) is 20.4 Å². The molecule has 0 aliphatic heterocycles. The van der Waals surface area contributed by atoms with Crippen LogP contribution < -0.4 is 4.31 Å². The number of anilines is 1. The number of hydrogen-bond donors (Lipinski definition) is 0. The number of thioether (sulfide) groups is 1. The predicted octanol–water partition coefficient (Wildman–Crippen LogP) is 7.01. The van der Waals surface area contributed by atoms with Crippen molar-refractivity contribution < 1.29 is 21.6 Å². The van der Waals surface area contributed by atoms with E-state index in [1.807, 2.05) is 6.26 Å². The zero-order valence-electron chi connectivity index (χ0n) is 18.1. The van der Waals surface area contributed by atoms with E-state index in [0.717, 1.165) is 34.7 Å². The summed E-state index contributed by atoms with van der Waals surface area (Å²) in [6.45, 7) is 1.57. The molecule has 3 nitrogen and oxygen atoms in total. The van der Waals surface area contributed by atoms with Crippen LogP contribution in [0, 0.1) is 17.5 Å². The third-order valence-electron chi connectivity index (χ3n) is 5.22. The maximum atomic E-state index is 14.9. The van der Waals surface area contributed by atoms with Crippen LogP contribution in [0.4, 0.5) is 18.9 Å². The van der Waals surface area contributed by atoms with Crippen molar-refractivity contribution in [2.45, 2.75) is 30.7 Å². The summed E-state index contributed by atoms with van der Waals surface area (Å²) < 4.78 is 71.2. The van der Waals surface area contributed by atoms with E-state index in [0.29, 0.717) is 22.6 Å². The first kappa shape index (κ1) is 25.5. The highest BCUT2D eigenvalue weighted by molar-refractivity contribution is 7.98. The Kier molecular flexibility index (Phi) is 8.37. The normalized spacial score (nSPS) is 12.5. The van der Waals surface area contributed by atoms with Crippen LogP contribution in [0.15, 0.2) is 65.6 Å². The van der Waals surface area contributed by atoms with Gasteiger partial charge < -0.3 is 0 Å². The van der Waals surface area contributed by atoms with E-state index in [1.165, 1.54) is 42.5 Å². The monoisotopic (exact) mass is 513 g/mol. The number of hydrogen-bond acceptors (Lipinski definition) is 3. The average molecular weight is 514 g/mol. The highest BCUT2D eigenvalue weighted by Crippen LogP contribution is 2.37. The Bertz CT molecular complexity index is 1220. The van der Waals surface area contributed by atoms with Crippen molar-refractivity contribution in [3.8, 4) is 0 Å². The molecule has 0 bridgehead atoms. The van der Waals surface area contributed by atoms with Crippen LogP contribution in [0.1, 0.15) is 30.5 Å². The Morgan fingerprint density at radius 1 is 0.970 bits per heavy atom. The van der Waals surface area contributed by atoms with E-state index < -0.39 is 39.2 Å². The van der Waals surface area contributed by atoms with Crippen LogP contribution >= 0.6 is 23.4 Å². The van der Waals surface area contributed by atoms with E-state index in [2.05, 4.69) is 0 Å². The lowest BCUT2D eigenvalue weighted by molar-refractivity contribution is 0.569. The van der Waals surface area contributed by atoms with E-state index in [9.17, 15) is 21.6 Å². The van der Waals surface area contributed by atoms with Crippen molar-refractivity contribution >= 4 is 39.1 Å². The summed E-state index contributed by atoms with van der Waals surface area (Å²) in [7, 11) is -4.34. The fraction of sp³-hybridized carbons (Fsp3) is 0.250. The number of benzene rings is 3. The number of sulfonamides is 1. The number of rotatable bonds is 9. The van der Waals surface area contributed by atoms with Gasteiger partial charge in [0.1, 0.15) is 17.5 Å². The molecule has 176 valence electrons. The van der Waals surface area contributed by atoms with Gasteiger partial charge in [-0.25, -0.2) is 21.6 Å². The third kappa shape index (κ3) is 5.86. The molecular weight excluding hydrogens is 491 g/mol. The van der Waals surface area contributed by atoms with Gasteiger partial charge in [0, 0.05) is 11.1 Å². The highest BCUT2D eigenvalue weighted by Gasteiger charge is 2.33. The zero-order chi connectivity index (χ0) is 24.2. The molecule has 0 saturated heterocycles. The lowest BCUT2D eigenvalue weighted by Gasteiger charge is -2.32. The SMILES string of the molecule is CSCCCc1cc(F)ccc1[C@@H](C)N(c1cc(F)ccc1F)S(=O)(=O)c1ccc(Cl)cc1. The Balaban J connectivity index is 2.18. The predicted molar refractivity (Wildman–Crippen MR) is 129 cm³/mol. The molecule has 1 atom stereocenters. The van der Waals surface area contributed by atoms with Crippen molar-refractivity contribution in [2.75, 3.05) is 16.3 Å². The fourth-order valence-corrected chi connectivity index (χ4v) is 5.85. The van der Waals surface area contributed by atoms with Crippen LogP contribution in [0.25, 0.3) is 0 Å². The molecule has 3 aromatic rings. The van der Waals surface area contributed by atoms with Crippen molar-refractivity contribution in [1.82, 2.24) is 0 Å². The fourth-order valence-electron chi connectivity index (χ4n) is 3.65. The molecule has 0 heterocycles. The van der Waals surface area contributed by atoms with Gasteiger partial charge in [-0.15, -0.1) is 0 Å². The van der Waals surface area contributed by atoms with E-state index in [-0.39, 0.29) is 4.90 Å². The minimum absolute atomic E-state index is 0.131. The molecule has 0 spiro atoms. The second-order valence-corrected chi connectivity index (χ2v) is 10.7. The third-order valence-corrected chi connectivity index (χ3v) is 8.07. The van der Waals surface area contributed by atoms with Crippen LogP contribution in [0.5, 0.6) is 0 Å². The molecule has 0 aliphatic carbocycles. The second-order valence-electron chi connectivity index (χ2n) is 7.47. The van der Waals surface area contributed by atoms with Crippen molar-refractivity contribution in [1.29, 1.82) is 0 Å². The van der Waals surface area contributed by atoms with Gasteiger partial charge in [-0.05, 0) is 91.4 Å². The van der Waals surface area contributed by atoms with Crippen molar-refractivity contribution in [3.05, 3.63) is 94.3 Å². The van der Waals surface area contributed by atoms with Gasteiger partial charge in [0.05, 0.1) is 16.6 Å². The standard InChI is InChI=1S/C24H23ClF3NO2S2/c1-16(22-11-7-19(26)14-17(22)4-3-13-32-2)29(24-15-20(27)8-12-23(24)28)33(30,31)21-9-5-18(25)6-10-21/h5-12,14-16H,3-4,13H2,1-2H3/t16-/m1/s1. The summed E-state index contributed by atoms with van der Waals surface area (Å²) in [5, 5.41) is 0.333. The molecule has 0 amide bonds. The lowest BCUT2D eigenvalue weighted by atomic mass is 9.97. The smallest absolute Gasteiger partial charge is 0.256 e. The topological polar surface area (TPSA) is 37.4 Å². The molecule has 0 unspecified atom stereocenters. The van der Waals surface area contributed by atoms with Gasteiger partial charge in [-0.3, -0.25) is 4.31 Å². The highest BCUT2D eigenvalue weighted by atomic mass is 35.5. The van der Waals surface area contributed by atoms with Crippen LogP contribution in [0.2, 0.25) is 5.02 Å². The summed E-state index contributed by atoms with van der Waals surface area (Å²) in [6.07, 6.45) is 3.23. The zero-order valence-corrected chi connectivity index (χ0v) is 20.5. The van der Waals surface area contributed by atoms with Gasteiger partial charge in [0.25, 0.3) is 10.0 Å². The van der Waals surface area contributed by atoms with Gasteiger partial charge in [-0.2, -0.15) is 11.8 Å². The maximum Gasteiger partial charge on any atom is 0.264 e. The first-order chi connectivity index (χ1) is 15.6. The molecule has 0 fully saturated rings. The molecule has 0 aliphatic rings. The van der Waals surface area contributed by atoms with E-state index in [1.54, 1.807) is 18.7 Å². The molecule has 0 saturated carbocycles. The van der Waals surface area contributed by atoms with Gasteiger partial charge >= 0.3 is 0 Å². The Labute approximate surface area is 201 Å². The van der Waals surface area contributed by atoms with Gasteiger partial charge in [-0.1, -0.05) is 17.7 Å². The lowest BCUT2D eigenvalue weighted by Crippen LogP contribution is -2.35.